The molecule has 0 aliphatic heterocycles. The van der Waals surface area contributed by atoms with Crippen LogP contribution in [0.2, 0.25) is 0 Å². The third-order valence-corrected chi connectivity index (χ3v) is 3.61. The first-order valence-electron chi connectivity index (χ1n) is 6.50. The molecule has 0 fully saturated rings. The van der Waals surface area contributed by atoms with Gasteiger partial charge in [-0.1, -0.05) is 23.4 Å². The summed E-state index contributed by atoms with van der Waals surface area (Å²) in [6.45, 7) is 3.68. The summed E-state index contributed by atoms with van der Waals surface area (Å²) < 4.78 is 33.1. The molecule has 0 saturated carbocycles. The highest BCUT2D eigenvalue weighted by Crippen LogP contribution is 2.12. The van der Waals surface area contributed by atoms with E-state index in [4.69, 9.17) is 9.94 Å². The van der Waals surface area contributed by atoms with Gasteiger partial charge in [0.25, 0.3) is 10.1 Å². The van der Waals surface area contributed by atoms with E-state index >= 15 is 0 Å². The van der Waals surface area contributed by atoms with Crippen LogP contribution in [0.3, 0.4) is 0 Å². The Morgan fingerprint density at radius 2 is 1.74 bits per heavy atom. The smallest absolute Gasteiger partial charge is 0.364 e. The molecule has 8 nitrogen and oxygen atoms in total. The van der Waals surface area contributed by atoms with E-state index in [2.05, 4.69) is 9.34 Å². The summed E-state index contributed by atoms with van der Waals surface area (Å²) >= 11 is 0. The second kappa shape index (κ2) is 7.34. The van der Waals surface area contributed by atoms with Crippen LogP contribution in [0.25, 0.3) is 0 Å². The van der Waals surface area contributed by atoms with Gasteiger partial charge in [0.05, 0.1) is 4.90 Å². The number of oxime groups is 1. The summed E-state index contributed by atoms with van der Waals surface area (Å²) in [6.07, 6.45) is 0. The highest BCUT2D eigenvalue weighted by Gasteiger charge is 2.29. The Kier molecular flexibility index (Phi) is 5.99. The number of hydrogen-bond donors (Lipinski definition) is 1. The van der Waals surface area contributed by atoms with E-state index in [-0.39, 0.29) is 4.90 Å². The predicted molar refractivity (Wildman–Crippen MR) is 79.7 cm³/mol. The van der Waals surface area contributed by atoms with Crippen molar-refractivity contribution in [3.05, 3.63) is 30.3 Å². The topological polar surface area (TPSA) is 119 Å². The summed E-state index contributed by atoms with van der Waals surface area (Å²) in [5.74, 6) is -2.30. The summed E-state index contributed by atoms with van der Waals surface area (Å²) in [5, 5.41) is 11.3. The number of nitrogens with zero attached hydrogens (tertiary/aromatic N) is 1. The molecule has 0 bridgehead atoms. The first kappa shape index (κ1) is 18.8. The van der Waals surface area contributed by atoms with Gasteiger partial charge >= 0.3 is 5.97 Å². The normalized spacial score (nSPS) is 12.7. The Morgan fingerprint density at radius 1 is 1.17 bits per heavy atom. The van der Waals surface area contributed by atoms with E-state index in [9.17, 15) is 18.0 Å². The maximum absolute atomic E-state index is 11.9. The second-order valence-corrected chi connectivity index (χ2v) is 7.02. The number of hydrogen-bond acceptors (Lipinski definition) is 8. The standard InChI is InChI=1S/C14H17NO7S/c1-14(2,3)22-13(17)12(15-18)11(16)9-21-23(19,20)10-7-5-4-6-8-10/h4-8,18H,9H2,1-3H3/b15-12-. The lowest BCUT2D eigenvalue weighted by Gasteiger charge is -2.19. The Balaban J connectivity index is 2.77. The fourth-order valence-corrected chi connectivity index (χ4v) is 2.28. The van der Waals surface area contributed by atoms with Crippen molar-refractivity contribution in [1.82, 2.24) is 0 Å². The molecule has 1 N–H and O–H groups in total. The largest absolute Gasteiger partial charge is 0.455 e. The molecule has 9 heteroatoms. The van der Waals surface area contributed by atoms with Gasteiger partial charge in [-0.3, -0.25) is 8.98 Å². The molecular formula is C14H17NO7S. The highest BCUT2D eigenvalue weighted by molar-refractivity contribution is 7.86. The Morgan fingerprint density at radius 3 is 2.22 bits per heavy atom. The molecule has 0 amide bonds. The van der Waals surface area contributed by atoms with Crippen molar-refractivity contribution in [3.8, 4) is 0 Å². The minimum atomic E-state index is -4.17. The summed E-state index contributed by atoms with van der Waals surface area (Å²) in [7, 11) is -4.17. The van der Waals surface area contributed by atoms with Crippen LogP contribution >= 0.6 is 0 Å². The molecule has 0 radical (unpaired) electrons. The Bertz CT molecular complexity index is 702. The number of benzene rings is 1. The lowest BCUT2D eigenvalue weighted by molar-refractivity contribution is -0.146. The monoisotopic (exact) mass is 343 g/mol. The number of ketones is 1. The molecule has 0 spiro atoms. The van der Waals surface area contributed by atoms with Gasteiger partial charge in [0.1, 0.15) is 12.2 Å². The van der Waals surface area contributed by atoms with Crippen LogP contribution in [0.5, 0.6) is 0 Å². The van der Waals surface area contributed by atoms with Crippen LogP contribution in [0, 0.1) is 0 Å². The third-order valence-electron chi connectivity index (χ3n) is 2.33. The van der Waals surface area contributed by atoms with E-state index in [0.717, 1.165) is 0 Å². The number of carbonyl (C=O) groups is 2. The van der Waals surface area contributed by atoms with Gasteiger partial charge in [-0.05, 0) is 32.9 Å². The van der Waals surface area contributed by atoms with Gasteiger partial charge < -0.3 is 9.94 Å². The van der Waals surface area contributed by atoms with Gasteiger partial charge in [-0.2, -0.15) is 8.42 Å². The lowest BCUT2D eigenvalue weighted by atomic mass is 10.2. The fourth-order valence-electron chi connectivity index (χ4n) is 1.39. The molecule has 1 aromatic rings. The lowest BCUT2D eigenvalue weighted by Crippen LogP contribution is -2.35. The minimum absolute atomic E-state index is 0.146. The van der Waals surface area contributed by atoms with Crippen LogP contribution < -0.4 is 0 Å². The first-order chi connectivity index (χ1) is 10.6. The van der Waals surface area contributed by atoms with Gasteiger partial charge in [-0.25, -0.2) is 4.79 Å². The number of ether oxygens (including phenoxy) is 1. The van der Waals surface area contributed by atoms with Crippen molar-refractivity contribution >= 4 is 27.6 Å². The highest BCUT2D eigenvalue weighted by atomic mass is 32.2. The van der Waals surface area contributed by atoms with Crippen molar-refractivity contribution in [1.29, 1.82) is 0 Å². The molecule has 0 aromatic heterocycles. The van der Waals surface area contributed by atoms with E-state index in [1.54, 1.807) is 26.8 Å². The Hall–Kier alpha value is -2.26. The molecule has 0 aliphatic rings. The van der Waals surface area contributed by atoms with Gasteiger partial charge in [0, 0.05) is 0 Å². The third kappa shape index (κ3) is 5.80. The summed E-state index contributed by atoms with van der Waals surface area (Å²) in [5.41, 5.74) is -1.85. The molecule has 0 unspecified atom stereocenters. The molecular weight excluding hydrogens is 326 g/mol. The molecule has 126 valence electrons. The fraction of sp³-hybridized carbons (Fsp3) is 0.357. The summed E-state index contributed by atoms with van der Waals surface area (Å²) in [4.78, 5) is 23.3. The van der Waals surface area contributed by atoms with E-state index in [1.165, 1.54) is 24.3 Å². The molecule has 0 aliphatic carbocycles. The molecule has 0 atom stereocenters. The average molecular weight is 343 g/mol. The average Bonchev–Trinajstić information content (AvgIpc) is 2.45. The zero-order valence-electron chi connectivity index (χ0n) is 12.8. The molecule has 0 heterocycles. The van der Waals surface area contributed by atoms with Gasteiger partial charge in [0.2, 0.25) is 11.5 Å². The van der Waals surface area contributed by atoms with Crippen LogP contribution in [-0.2, 0) is 28.6 Å². The maximum atomic E-state index is 11.9. The number of esters is 1. The zero-order chi connectivity index (χ0) is 17.7. The van der Waals surface area contributed by atoms with E-state index < -0.39 is 39.8 Å². The van der Waals surface area contributed by atoms with Crippen molar-refractivity contribution in [2.45, 2.75) is 31.3 Å². The van der Waals surface area contributed by atoms with E-state index in [1.807, 2.05) is 0 Å². The molecule has 1 rings (SSSR count). The van der Waals surface area contributed by atoms with Crippen molar-refractivity contribution in [3.63, 3.8) is 0 Å². The number of rotatable bonds is 6. The SMILES string of the molecule is CC(C)(C)OC(=O)/C(=N\O)C(=O)COS(=O)(=O)c1ccccc1. The van der Waals surface area contributed by atoms with Gasteiger partial charge in [0.15, 0.2) is 0 Å². The van der Waals surface area contributed by atoms with E-state index in [0.29, 0.717) is 0 Å². The van der Waals surface area contributed by atoms with Crippen LogP contribution in [0.1, 0.15) is 20.8 Å². The Labute approximate surface area is 133 Å². The van der Waals surface area contributed by atoms with Crippen LogP contribution in [-0.4, -0.2) is 43.3 Å². The predicted octanol–water partition coefficient (Wildman–Crippen LogP) is 1.13. The van der Waals surface area contributed by atoms with Crippen LogP contribution in [0.4, 0.5) is 0 Å². The maximum Gasteiger partial charge on any atom is 0.364 e. The van der Waals surface area contributed by atoms with Crippen molar-refractivity contribution in [2.24, 2.45) is 5.16 Å². The molecule has 23 heavy (non-hydrogen) atoms. The van der Waals surface area contributed by atoms with Crippen molar-refractivity contribution < 1.29 is 32.1 Å². The summed E-state index contributed by atoms with van der Waals surface area (Å²) in [6, 6.07) is 7.16. The van der Waals surface area contributed by atoms with Gasteiger partial charge in [-0.15, -0.1) is 0 Å². The molecule has 1 aromatic carbocycles. The van der Waals surface area contributed by atoms with Crippen molar-refractivity contribution in [2.75, 3.05) is 6.61 Å². The quantitative estimate of drug-likeness (QED) is 0.205. The second-order valence-electron chi connectivity index (χ2n) is 5.40. The minimum Gasteiger partial charge on any atom is -0.455 e. The zero-order valence-corrected chi connectivity index (χ0v) is 13.7. The number of Topliss-reactive ketones (excluding diaryl/α,β-unsaturated/α-hetero) is 1. The first-order valence-corrected chi connectivity index (χ1v) is 7.91. The van der Waals surface area contributed by atoms with Crippen LogP contribution in [0.15, 0.2) is 40.4 Å². The number of carbonyl (C=O) groups excluding carboxylic acids is 2. The molecule has 0 saturated heterocycles.